The maximum Gasteiger partial charge on any atom is 0.408 e. The smallest absolute Gasteiger partial charge is 0.408 e. The van der Waals surface area contributed by atoms with Gasteiger partial charge < -0.3 is 44.6 Å². The number of nitrogens with one attached hydrogen (secondary N) is 4. The molecule has 2 aromatic heterocycles. The first-order chi connectivity index (χ1) is 28.5. The molecule has 4 N–H and O–H groups in total. The van der Waals surface area contributed by atoms with Crippen molar-refractivity contribution in [3.05, 3.63) is 59.6 Å². The van der Waals surface area contributed by atoms with Gasteiger partial charge in [-0.15, -0.1) is 0 Å². The molecule has 0 spiro atoms. The molecule has 7 rings (SSSR count). The van der Waals surface area contributed by atoms with E-state index in [0.717, 1.165) is 80.0 Å². The summed E-state index contributed by atoms with van der Waals surface area (Å²) in [6.45, 7) is 10.1. The zero-order valence-electron chi connectivity index (χ0n) is 35.2. The van der Waals surface area contributed by atoms with Gasteiger partial charge in [-0.3, -0.25) is 9.59 Å². The van der Waals surface area contributed by atoms with Gasteiger partial charge in [0.25, 0.3) is 0 Å². The molecular formula is C44H62N8O7. The number of hydrogen-bond donors (Lipinski definition) is 4. The number of nitrogens with zero attached hydrogens (tertiary/aromatic N) is 4. The van der Waals surface area contributed by atoms with Crippen molar-refractivity contribution in [3.63, 3.8) is 0 Å². The van der Waals surface area contributed by atoms with Crippen molar-refractivity contribution in [1.82, 2.24) is 40.4 Å². The summed E-state index contributed by atoms with van der Waals surface area (Å²) < 4.78 is 15.8. The molecular weight excluding hydrogens is 753 g/mol. The van der Waals surface area contributed by atoms with Crippen LogP contribution in [-0.4, -0.2) is 105 Å². The van der Waals surface area contributed by atoms with Crippen molar-refractivity contribution in [3.8, 4) is 11.3 Å². The number of ether oxygens (including phenoxy) is 3. The summed E-state index contributed by atoms with van der Waals surface area (Å²) >= 11 is 0. The summed E-state index contributed by atoms with van der Waals surface area (Å²) in [5, 5.41) is 5.58. The Morgan fingerprint density at radius 3 is 1.83 bits per heavy atom. The van der Waals surface area contributed by atoms with Gasteiger partial charge in [-0.2, -0.15) is 0 Å². The van der Waals surface area contributed by atoms with E-state index in [2.05, 4.69) is 44.9 Å². The molecule has 1 aliphatic carbocycles. The van der Waals surface area contributed by atoms with Crippen molar-refractivity contribution >= 4 is 24.0 Å². The lowest BCUT2D eigenvalue weighted by atomic mass is 9.77. The fourth-order valence-electron chi connectivity index (χ4n) is 9.36. The fourth-order valence-corrected chi connectivity index (χ4v) is 9.36. The molecule has 0 bridgehead atoms. The molecule has 3 aliphatic heterocycles. The highest BCUT2D eigenvalue weighted by Gasteiger charge is 2.39. The van der Waals surface area contributed by atoms with E-state index in [-0.39, 0.29) is 41.8 Å². The number of aromatic nitrogens is 4. The number of likely N-dealkylation sites (tertiary alicyclic amines) is 2. The van der Waals surface area contributed by atoms with E-state index in [0.29, 0.717) is 51.0 Å². The van der Waals surface area contributed by atoms with Crippen LogP contribution in [0, 0.1) is 11.8 Å². The first-order valence-corrected chi connectivity index (χ1v) is 21.7. The highest BCUT2D eigenvalue weighted by atomic mass is 16.6. The number of hydrogen-bond acceptors (Lipinski definition) is 9. The highest BCUT2D eigenvalue weighted by Crippen LogP contribution is 2.41. The molecule has 15 nitrogen and oxygen atoms in total. The minimum atomic E-state index is -0.680. The van der Waals surface area contributed by atoms with Gasteiger partial charge in [0, 0.05) is 43.7 Å². The number of amides is 4. The second-order valence-electron chi connectivity index (χ2n) is 17.4. The lowest BCUT2D eigenvalue weighted by Gasteiger charge is -2.31. The van der Waals surface area contributed by atoms with Crippen molar-refractivity contribution in [1.29, 1.82) is 0 Å². The third-order valence-electron chi connectivity index (χ3n) is 12.8. The second-order valence-corrected chi connectivity index (χ2v) is 17.4. The molecule has 0 unspecified atom stereocenters. The van der Waals surface area contributed by atoms with Crippen LogP contribution in [-0.2, 0) is 23.8 Å². The molecule has 4 amide bonds. The molecule has 4 aliphatic rings. The molecule has 4 fully saturated rings. The summed E-state index contributed by atoms with van der Waals surface area (Å²) in [5.41, 5.74) is 4.40. The number of methoxy groups -OCH3 is 1. The number of carbonyl (C=O) groups is 4. The first kappa shape index (κ1) is 42.2. The van der Waals surface area contributed by atoms with E-state index < -0.39 is 24.3 Å². The van der Waals surface area contributed by atoms with Gasteiger partial charge in [-0.1, -0.05) is 52.0 Å². The van der Waals surface area contributed by atoms with Gasteiger partial charge in [0.15, 0.2) is 0 Å². The quantitative estimate of drug-likeness (QED) is 0.151. The van der Waals surface area contributed by atoms with E-state index in [1.54, 1.807) is 0 Å². The van der Waals surface area contributed by atoms with Crippen LogP contribution in [0.15, 0.2) is 36.7 Å². The third-order valence-corrected chi connectivity index (χ3v) is 12.8. The van der Waals surface area contributed by atoms with Gasteiger partial charge in [0.1, 0.15) is 29.8 Å². The number of rotatable bonds is 12. The predicted molar refractivity (Wildman–Crippen MR) is 220 cm³/mol. The molecule has 59 heavy (non-hydrogen) atoms. The van der Waals surface area contributed by atoms with Crippen LogP contribution >= 0.6 is 0 Å². The van der Waals surface area contributed by atoms with Crippen molar-refractivity contribution in [2.45, 2.75) is 134 Å². The molecule has 5 heterocycles. The largest absolute Gasteiger partial charge is 0.453 e. The maximum absolute atomic E-state index is 13.9. The number of alkyl carbamates (subject to hydrolysis) is 2. The number of benzene rings is 1. The Bertz CT molecular complexity index is 1900. The fraction of sp³-hybridized carbons (Fsp3) is 0.636. The van der Waals surface area contributed by atoms with E-state index in [4.69, 9.17) is 24.2 Å². The van der Waals surface area contributed by atoms with E-state index in [1.165, 1.54) is 12.7 Å². The molecule has 15 heteroatoms. The monoisotopic (exact) mass is 814 g/mol. The molecule has 0 radical (unpaired) electrons. The Labute approximate surface area is 347 Å². The molecule has 320 valence electrons. The summed E-state index contributed by atoms with van der Waals surface area (Å²) in [6.07, 6.45) is 11.4. The number of carbonyl (C=O) groups excluding carboxylic acids is 4. The van der Waals surface area contributed by atoms with Crippen LogP contribution in [0.5, 0.6) is 0 Å². The Balaban J connectivity index is 0.922. The third kappa shape index (κ3) is 9.77. The second kappa shape index (κ2) is 19.0. The normalized spacial score (nSPS) is 23.6. The van der Waals surface area contributed by atoms with E-state index in [1.807, 2.05) is 49.9 Å². The lowest BCUT2D eigenvalue weighted by Crippen LogP contribution is -2.51. The van der Waals surface area contributed by atoms with Crippen LogP contribution in [0.1, 0.15) is 139 Å². The number of aromatic amines is 2. The summed E-state index contributed by atoms with van der Waals surface area (Å²) in [6, 6.07) is 7.05. The first-order valence-electron chi connectivity index (χ1n) is 21.7. The molecule has 4 atom stereocenters. The SMILES string of the molecule is COC(=O)N[C@H](C(=O)N1CCC[C@H]1c1ncc(-c2ccc(C3CCC(c4cnc([C@@H]5CCCN5C(=O)[C@@H](NC(=O)OC5CCOCC5)C(C)C)[nH]4)CC3)cc2)[nH]1)C(C)C. The van der Waals surface area contributed by atoms with Crippen LogP contribution < -0.4 is 10.6 Å². The van der Waals surface area contributed by atoms with Crippen LogP contribution in [0.25, 0.3) is 11.3 Å². The Morgan fingerprint density at radius 2 is 1.25 bits per heavy atom. The van der Waals surface area contributed by atoms with Gasteiger partial charge in [0.2, 0.25) is 11.8 Å². The Morgan fingerprint density at radius 1 is 0.712 bits per heavy atom. The minimum absolute atomic E-state index is 0.0936. The summed E-state index contributed by atoms with van der Waals surface area (Å²) in [4.78, 5) is 72.6. The van der Waals surface area contributed by atoms with Gasteiger partial charge in [-0.25, -0.2) is 19.6 Å². The predicted octanol–water partition coefficient (Wildman–Crippen LogP) is 6.88. The Kier molecular flexibility index (Phi) is 13.6. The zero-order valence-corrected chi connectivity index (χ0v) is 35.2. The minimum Gasteiger partial charge on any atom is -0.453 e. The summed E-state index contributed by atoms with van der Waals surface area (Å²) in [5.74, 6) is 2.00. The Hall–Kier alpha value is -4.92. The molecule has 3 aromatic rings. The topological polar surface area (TPSA) is 184 Å². The van der Waals surface area contributed by atoms with Crippen LogP contribution in [0.2, 0.25) is 0 Å². The molecule has 1 saturated carbocycles. The van der Waals surface area contributed by atoms with E-state index >= 15 is 0 Å². The maximum atomic E-state index is 13.9. The average molecular weight is 815 g/mol. The van der Waals surface area contributed by atoms with Gasteiger partial charge in [-0.05, 0) is 80.2 Å². The number of H-pyrrole nitrogens is 2. The van der Waals surface area contributed by atoms with E-state index in [9.17, 15) is 19.2 Å². The lowest BCUT2D eigenvalue weighted by molar-refractivity contribution is -0.136. The van der Waals surface area contributed by atoms with Crippen molar-refractivity contribution in [2.75, 3.05) is 33.4 Å². The van der Waals surface area contributed by atoms with Gasteiger partial charge in [0.05, 0.1) is 44.3 Å². The highest BCUT2D eigenvalue weighted by molar-refractivity contribution is 5.87. The average Bonchev–Trinajstić information content (AvgIpc) is 4.09. The van der Waals surface area contributed by atoms with Gasteiger partial charge >= 0.3 is 12.2 Å². The van der Waals surface area contributed by atoms with Crippen LogP contribution in [0.4, 0.5) is 9.59 Å². The van der Waals surface area contributed by atoms with Crippen LogP contribution in [0.3, 0.4) is 0 Å². The summed E-state index contributed by atoms with van der Waals surface area (Å²) in [7, 11) is 1.30. The van der Waals surface area contributed by atoms with Crippen molar-refractivity contribution < 1.29 is 33.4 Å². The molecule has 3 saturated heterocycles. The van der Waals surface area contributed by atoms with Crippen molar-refractivity contribution in [2.24, 2.45) is 11.8 Å². The number of imidazole rings is 2. The zero-order chi connectivity index (χ0) is 41.6. The molecule has 1 aromatic carbocycles. The standard InChI is InChI=1S/C44H62N8O7/c1-26(2)37(49-43(55)57-5)41(53)51-20-6-8-35(51)39-45-24-33(47-39)30-14-10-28(11-15-30)29-12-16-31(17-13-29)34-25-46-40(48-34)36-9-7-21-52(36)42(54)38(27(3)4)50-44(56)59-32-18-22-58-23-19-32/h10-11,14-15,24-27,29,31-32,35-38H,6-9,12-13,16-23H2,1-5H3,(H,45,47)(H,46,48)(H,49,55)(H,50,56)/t29?,31?,35-,36-,37-,38-/m0/s1.